The molecule has 0 bridgehead atoms. The summed E-state index contributed by atoms with van der Waals surface area (Å²) < 4.78 is 0. The average Bonchev–Trinajstić information content (AvgIpc) is 2.80. The molecular formula is C20H26N2O3. The number of carbonyl (C=O) groups excluding carboxylic acids is 3. The molecule has 0 N–H and O–H groups in total. The number of hydrogen-bond acceptors (Lipinski definition) is 3. The van der Waals surface area contributed by atoms with Gasteiger partial charge in [-0.25, -0.2) is 4.79 Å². The lowest BCUT2D eigenvalue weighted by Crippen LogP contribution is -2.50. The number of amides is 3. The summed E-state index contributed by atoms with van der Waals surface area (Å²) in [5, 5.41) is 0. The molecule has 1 saturated carbocycles. The van der Waals surface area contributed by atoms with Crippen molar-refractivity contribution in [3.8, 4) is 0 Å². The number of ketones is 1. The van der Waals surface area contributed by atoms with Gasteiger partial charge in [-0.15, -0.1) is 0 Å². The zero-order valence-electron chi connectivity index (χ0n) is 15.2. The van der Waals surface area contributed by atoms with Crippen LogP contribution in [0.5, 0.6) is 0 Å². The second-order valence-electron chi connectivity index (χ2n) is 7.42. The number of nitrogens with zero attached hydrogens (tertiary/aromatic N) is 2. The Morgan fingerprint density at radius 2 is 1.76 bits per heavy atom. The number of rotatable bonds is 4. The Kier molecular flexibility index (Phi) is 4.67. The Bertz CT molecular complexity index is 687. The molecule has 25 heavy (non-hydrogen) atoms. The smallest absolute Gasteiger partial charge is 0.313 e. The number of imide groups is 1. The fourth-order valence-electron chi connectivity index (χ4n) is 3.94. The van der Waals surface area contributed by atoms with Crippen molar-refractivity contribution < 1.29 is 14.4 Å². The topological polar surface area (TPSA) is 57.7 Å². The quantitative estimate of drug-likeness (QED) is 0.623. The standard InChI is InChI=1S/C20H26N2O3/c1-4-15-5-7-16(8-6-15)17(23)13-22-18(24)20(21(3)19(22)25)11-9-14(2)10-12-20/h5-8,14H,4,9-13H2,1-3H3. The molecule has 1 aromatic carbocycles. The van der Waals surface area contributed by atoms with Crippen molar-refractivity contribution in [1.82, 2.24) is 9.80 Å². The highest BCUT2D eigenvalue weighted by Gasteiger charge is 2.56. The molecule has 1 saturated heterocycles. The van der Waals surface area contributed by atoms with E-state index in [2.05, 4.69) is 13.8 Å². The number of aryl methyl sites for hydroxylation is 1. The second kappa shape index (κ2) is 6.62. The van der Waals surface area contributed by atoms with Gasteiger partial charge in [0.25, 0.3) is 5.91 Å². The summed E-state index contributed by atoms with van der Waals surface area (Å²) >= 11 is 0. The minimum Gasteiger partial charge on any atom is -0.313 e. The second-order valence-corrected chi connectivity index (χ2v) is 7.42. The van der Waals surface area contributed by atoms with Gasteiger partial charge in [-0.3, -0.25) is 14.5 Å². The van der Waals surface area contributed by atoms with E-state index in [1.165, 1.54) is 0 Å². The van der Waals surface area contributed by atoms with E-state index in [1.54, 1.807) is 24.1 Å². The van der Waals surface area contributed by atoms with Gasteiger partial charge >= 0.3 is 6.03 Å². The molecule has 2 aliphatic rings. The highest BCUT2D eigenvalue weighted by atomic mass is 16.2. The van der Waals surface area contributed by atoms with Crippen molar-refractivity contribution in [3.05, 3.63) is 35.4 Å². The molecule has 134 valence electrons. The summed E-state index contributed by atoms with van der Waals surface area (Å²) in [5.74, 6) is 0.180. The third-order valence-electron chi connectivity index (χ3n) is 5.89. The normalized spacial score (nSPS) is 26.6. The highest BCUT2D eigenvalue weighted by molar-refractivity contribution is 6.11. The van der Waals surface area contributed by atoms with E-state index in [9.17, 15) is 14.4 Å². The van der Waals surface area contributed by atoms with Gasteiger partial charge in [-0.05, 0) is 43.6 Å². The maximum atomic E-state index is 13.0. The Morgan fingerprint density at radius 1 is 1.16 bits per heavy atom. The van der Waals surface area contributed by atoms with E-state index >= 15 is 0 Å². The monoisotopic (exact) mass is 342 g/mol. The van der Waals surface area contributed by atoms with E-state index in [4.69, 9.17) is 0 Å². The van der Waals surface area contributed by atoms with Gasteiger partial charge in [0.1, 0.15) is 5.54 Å². The molecule has 1 heterocycles. The maximum Gasteiger partial charge on any atom is 0.327 e. The first-order valence-corrected chi connectivity index (χ1v) is 9.11. The van der Waals surface area contributed by atoms with Crippen molar-refractivity contribution in [2.45, 2.75) is 51.5 Å². The molecule has 2 fully saturated rings. The van der Waals surface area contributed by atoms with Crippen molar-refractivity contribution >= 4 is 17.7 Å². The zero-order chi connectivity index (χ0) is 18.2. The molecule has 1 aromatic rings. The van der Waals surface area contributed by atoms with Gasteiger partial charge in [-0.2, -0.15) is 0 Å². The minimum absolute atomic E-state index is 0.176. The Balaban J connectivity index is 1.77. The summed E-state index contributed by atoms with van der Waals surface area (Å²) in [6.45, 7) is 4.05. The molecule has 1 spiro atoms. The van der Waals surface area contributed by atoms with E-state index in [0.29, 0.717) is 24.3 Å². The van der Waals surface area contributed by atoms with E-state index in [-0.39, 0.29) is 24.3 Å². The van der Waals surface area contributed by atoms with E-state index in [0.717, 1.165) is 29.7 Å². The van der Waals surface area contributed by atoms with Gasteiger partial charge in [-0.1, -0.05) is 38.1 Å². The summed E-state index contributed by atoms with van der Waals surface area (Å²) in [5.41, 5.74) is 0.953. The van der Waals surface area contributed by atoms with Crippen LogP contribution in [0, 0.1) is 5.92 Å². The predicted molar refractivity (Wildman–Crippen MR) is 95.4 cm³/mol. The van der Waals surface area contributed by atoms with Crippen LogP contribution in [-0.4, -0.2) is 46.7 Å². The van der Waals surface area contributed by atoms with Gasteiger partial charge < -0.3 is 4.90 Å². The van der Waals surface area contributed by atoms with Crippen LogP contribution in [0.2, 0.25) is 0 Å². The number of urea groups is 1. The van der Waals surface area contributed by atoms with Crippen molar-refractivity contribution in [3.63, 3.8) is 0 Å². The van der Waals surface area contributed by atoms with Gasteiger partial charge in [0.05, 0.1) is 6.54 Å². The van der Waals surface area contributed by atoms with Crippen molar-refractivity contribution in [1.29, 1.82) is 0 Å². The van der Waals surface area contributed by atoms with Crippen LogP contribution < -0.4 is 0 Å². The molecule has 0 aromatic heterocycles. The first kappa shape index (κ1) is 17.6. The van der Waals surface area contributed by atoms with Crippen molar-refractivity contribution in [2.75, 3.05) is 13.6 Å². The van der Waals surface area contributed by atoms with Gasteiger partial charge in [0.15, 0.2) is 5.78 Å². The molecular weight excluding hydrogens is 316 g/mol. The van der Waals surface area contributed by atoms with Crippen LogP contribution in [0.15, 0.2) is 24.3 Å². The Hall–Kier alpha value is -2.17. The summed E-state index contributed by atoms with van der Waals surface area (Å²) in [6, 6.07) is 7.02. The average molecular weight is 342 g/mol. The molecule has 3 rings (SSSR count). The number of Topliss-reactive ketones (excluding diaryl/α,β-unsaturated/α-hetero) is 1. The molecule has 0 unspecified atom stereocenters. The largest absolute Gasteiger partial charge is 0.327 e. The highest BCUT2D eigenvalue weighted by Crippen LogP contribution is 2.41. The lowest BCUT2D eigenvalue weighted by molar-refractivity contribution is -0.134. The van der Waals surface area contributed by atoms with E-state index in [1.807, 2.05) is 12.1 Å². The molecule has 0 atom stereocenters. The molecule has 1 aliphatic heterocycles. The first-order valence-electron chi connectivity index (χ1n) is 9.11. The SMILES string of the molecule is CCc1ccc(C(=O)CN2C(=O)N(C)C3(CCC(C)CC3)C2=O)cc1. The molecule has 5 heteroatoms. The fourth-order valence-corrected chi connectivity index (χ4v) is 3.94. The first-order chi connectivity index (χ1) is 11.9. The van der Waals surface area contributed by atoms with Gasteiger partial charge in [0.2, 0.25) is 0 Å². The summed E-state index contributed by atoms with van der Waals surface area (Å²) in [7, 11) is 1.69. The maximum absolute atomic E-state index is 13.0. The fraction of sp³-hybridized carbons (Fsp3) is 0.550. The zero-order valence-corrected chi connectivity index (χ0v) is 15.2. The van der Waals surface area contributed by atoms with Crippen LogP contribution in [0.3, 0.4) is 0 Å². The van der Waals surface area contributed by atoms with Crippen LogP contribution in [-0.2, 0) is 11.2 Å². The van der Waals surface area contributed by atoms with E-state index < -0.39 is 5.54 Å². The van der Waals surface area contributed by atoms with Crippen LogP contribution in [0.25, 0.3) is 0 Å². The number of carbonyl (C=O) groups is 3. The van der Waals surface area contributed by atoms with Crippen molar-refractivity contribution in [2.24, 2.45) is 5.92 Å². The Labute approximate surface area is 149 Å². The van der Waals surface area contributed by atoms with Gasteiger partial charge in [0, 0.05) is 12.6 Å². The van der Waals surface area contributed by atoms with Crippen LogP contribution in [0.1, 0.15) is 55.5 Å². The molecule has 5 nitrogen and oxygen atoms in total. The number of likely N-dealkylation sites (N-methyl/N-ethyl adjacent to an activating group) is 1. The lowest BCUT2D eigenvalue weighted by atomic mass is 9.76. The number of hydrogen-bond donors (Lipinski definition) is 0. The third-order valence-corrected chi connectivity index (χ3v) is 5.89. The lowest BCUT2D eigenvalue weighted by Gasteiger charge is -2.38. The molecule has 0 radical (unpaired) electrons. The summed E-state index contributed by atoms with van der Waals surface area (Å²) in [4.78, 5) is 40.9. The minimum atomic E-state index is -0.740. The predicted octanol–water partition coefficient (Wildman–Crippen LogP) is 3.27. The Morgan fingerprint density at radius 3 is 2.32 bits per heavy atom. The van der Waals surface area contributed by atoms with Crippen LogP contribution in [0.4, 0.5) is 4.79 Å². The summed E-state index contributed by atoms with van der Waals surface area (Å²) in [6.07, 6.45) is 4.15. The third kappa shape index (κ3) is 2.96. The van der Waals surface area contributed by atoms with Crippen LogP contribution >= 0.6 is 0 Å². The number of benzene rings is 1. The molecule has 1 aliphatic carbocycles. The molecule has 3 amide bonds.